The van der Waals surface area contributed by atoms with Crippen molar-refractivity contribution in [2.75, 3.05) is 50.1 Å². The molecule has 0 saturated carbocycles. The Morgan fingerprint density at radius 2 is 1.92 bits per heavy atom. The maximum atomic E-state index is 6.29. The van der Waals surface area contributed by atoms with Crippen molar-refractivity contribution in [2.45, 2.75) is 45.7 Å². The van der Waals surface area contributed by atoms with Gasteiger partial charge in [0.15, 0.2) is 0 Å². The molecular weight excluding hydrogens is 502 g/mol. The summed E-state index contributed by atoms with van der Waals surface area (Å²) in [6, 6.07) is 8.38. The number of halogens is 1. The standard InChI is InChI=1S/C27H34ClN9O/c1-16-15-38-12-11-35(16)24-14-22(25-17(2)34-37(18(25)3)20-7-9-30-10-8-20)32-27(33-24)36-23-6-5-19(28)13-21(23)31-26(36)29-4/h5-6,13-14,16,20,30H,7-12,15H2,1-4H3,(H,29,31)/t16-/m1/s1. The molecule has 2 aliphatic heterocycles. The predicted molar refractivity (Wildman–Crippen MR) is 151 cm³/mol. The van der Waals surface area contributed by atoms with Crippen LogP contribution >= 0.6 is 11.6 Å². The number of nitrogens with one attached hydrogen (secondary N) is 2. The van der Waals surface area contributed by atoms with E-state index in [2.05, 4.69) is 47.1 Å². The molecule has 0 amide bonds. The first-order chi connectivity index (χ1) is 18.4. The summed E-state index contributed by atoms with van der Waals surface area (Å²) in [5, 5.41) is 12.3. The number of piperidine rings is 1. The Labute approximate surface area is 227 Å². The van der Waals surface area contributed by atoms with Crippen molar-refractivity contribution in [1.82, 2.24) is 34.6 Å². The number of ether oxygens (including phenoxy) is 1. The lowest BCUT2D eigenvalue weighted by atomic mass is 10.1. The van der Waals surface area contributed by atoms with E-state index >= 15 is 0 Å². The first kappa shape index (κ1) is 25.1. The van der Waals surface area contributed by atoms with Crippen LogP contribution in [0.15, 0.2) is 24.3 Å². The van der Waals surface area contributed by atoms with Crippen molar-refractivity contribution >= 4 is 34.4 Å². The zero-order valence-electron chi connectivity index (χ0n) is 22.3. The van der Waals surface area contributed by atoms with Crippen LogP contribution in [-0.2, 0) is 4.74 Å². The lowest BCUT2D eigenvalue weighted by molar-refractivity contribution is 0.0985. The highest BCUT2D eigenvalue weighted by molar-refractivity contribution is 6.31. The van der Waals surface area contributed by atoms with Gasteiger partial charge in [0.2, 0.25) is 11.9 Å². The zero-order valence-corrected chi connectivity index (χ0v) is 23.1. The summed E-state index contributed by atoms with van der Waals surface area (Å²) in [7, 11) is 1.85. The molecule has 2 saturated heterocycles. The van der Waals surface area contributed by atoms with Gasteiger partial charge in [0.1, 0.15) is 5.82 Å². The van der Waals surface area contributed by atoms with Crippen molar-refractivity contribution in [3.8, 4) is 17.2 Å². The Hall–Kier alpha value is -3.21. The highest BCUT2D eigenvalue weighted by atomic mass is 35.5. The van der Waals surface area contributed by atoms with Crippen LogP contribution in [0.5, 0.6) is 0 Å². The van der Waals surface area contributed by atoms with Gasteiger partial charge in [-0.15, -0.1) is 0 Å². The molecule has 3 aromatic heterocycles. The lowest BCUT2D eigenvalue weighted by Gasteiger charge is -2.34. The molecule has 10 nitrogen and oxygen atoms in total. The Morgan fingerprint density at radius 3 is 2.68 bits per heavy atom. The smallest absolute Gasteiger partial charge is 0.239 e. The van der Waals surface area contributed by atoms with Crippen LogP contribution < -0.4 is 15.5 Å². The maximum absolute atomic E-state index is 6.29. The summed E-state index contributed by atoms with van der Waals surface area (Å²) in [5.74, 6) is 2.07. The third kappa shape index (κ3) is 4.40. The molecule has 5 heterocycles. The molecule has 200 valence electrons. The summed E-state index contributed by atoms with van der Waals surface area (Å²) in [5.41, 5.74) is 5.70. The van der Waals surface area contributed by atoms with E-state index < -0.39 is 0 Å². The van der Waals surface area contributed by atoms with E-state index in [0.29, 0.717) is 36.2 Å². The van der Waals surface area contributed by atoms with Gasteiger partial charge >= 0.3 is 0 Å². The largest absolute Gasteiger partial charge is 0.377 e. The fourth-order valence-electron chi connectivity index (χ4n) is 5.73. The minimum absolute atomic E-state index is 0.195. The molecule has 2 aliphatic rings. The van der Waals surface area contributed by atoms with Crippen LogP contribution in [0.2, 0.25) is 5.02 Å². The van der Waals surface area contributed by atoms with Crippen LogP contribution in [0, 0.1) is 13.8 Å². The molecule has 1 aromatic carbocycles. The van der Waals surface area contributed by atoms with Gasteiger partial charge in [0, 0.05) is 35.9 Å². The van der Waals surface area contributed by atoms with Crippen molar-refractivity contribution in [2.24, 2.45) is 0 Å². The topological polar surface area (TPSA) is 98.0 Å². The molecular formula is C27H34ClN9O. The molecule has 2 N–H and O–H groups in total. The van der Waals surface area contributed by atoms with Gasteiger partial charge < -0.3 is 20.3 Å². The Kier molecular flexibility index (Phi) is 6.71. The first-order valence-electron chi connectivity index (χ1n) is 13.3. The maximum Gasteiger partial charge on any atom is 0.239 e. The van der Waals surface area contributed by atoms with Gasteiger partial charge in [-0.2, -0.15) is 10.1 Å². The number of imidazole rings is 1. The molecule has 6 rings (SSSR count). The van der Waals surface area contributed by atoms with Crippen LogP contribution in [-0.4, -0.2) is 75.2 Å². The molecule has 0 bridgehead atoms. The molecule has 0 unspecified atom stereocenters. The second-order valence-corrected chi connectivity index (χ2v) is 10.6. The third-order valence-corrected chi connectivity index (χ3v) is 7.87. The Bertz CT molecular complexity index is 1470. The molecule has 11 heteroatoms. The second kappa shape index (κ2) is 10.2. The molecule has 1 atom stereocenters. The summed E-state index contributed by atoms with van der Waals surface area (Å²) < 4.78 is 9.89. The quantitative estimate of drug-likeness (QED) is 0.393. The summed E-state index contributed by atoms with van der Waals surface area (Å²) in [6.07, 6.45) is 2.14. The normalized spacial score (nSPS) is 18.9. The van der Waals surface area contributed by atoms with Crippen molar-refractivity contribution in [3.05, 3.63) is 40.7 Å². The minimum Gasteiger partial charge on any atom is -0.377 e. The van der Waals surface area contributed by atoms with E-state index in [9.17, 15) is 0 Å². The van der Waals surface area contributed by atoms with Gasteiger partial charge in [-0.1, -0.05) is 11.6 Å². The van der Waals surface area contributed by atoms with Crippen LogP contribution in [0.4, 0.5) is 11.8 Å². The van der Waals surface area contributed by atoms with E-state index in [-0.39, 0.29) is 6.04 Å². The third-order valence-electron chi connectivity index (χ3n) is 7.64. The van der Waals surface area contributed by atoms with Crippen molar-refractivity contribution < 1.29 is 4.74 Å². The number of aromatic nitrogens is 6. The fourth-order valence-corrected chi connectivity index (χ4v) is 5.90. The van der Waals surface area contributed by atoms with E-state index in [1.54, 1.807) is 0 Å². The van der Waals surface area contributed by atoms with Crippen molar-refractivity contribution in [1.29, 1.82) is 0 Å². The molecule has 0 spiro atoms. The van der Waals surface area contributed by atoms with Gasteiger partial charge in [-0.05, 0) is 64.9 Å². The van der Waals surface area contributed by atoms with E-state index in [1.165, 1.54) is 0 Å². The number of hydrogen-bond acceptors (Lipinski definition) is 8. The number of anilines is 2. The van der Waals surface area contributed by atoms with E-state index in [4.69, 9.17) is 36.4 Å². The number of rotatable bonds is 5. The molecule has 4 aromatic rings. The summed E-state index contributed by atoms with van der Waals surface area (Å²) in [6.45, 7) is 10.5. The van der Waals surface area contributed by atoms with E-state index in [0.717, 1.165) is 72.0 Å². The Morgan fingerprint density at radius 1 is 1.11 bits per heavy atom. The number of fused-ring (bicyclic) bond motifs is 1. The molecule has 2 fully saturated rings. The molecule has 0 radical (unpaired) electrons. The first-order valence-corrected chi connectivity index (χ1v) is 13.7. The van der Waals surface area contributed by atoms with Crippen LogP contribution in [0.25, 0.3) is 28.2 Å². The average Bonchev–Trinajstić information content (AvgIpc) is 3.44. The molecule has 0 aliphatic carbocycles. The monoisotopic (exact) mass is 535 g/mol. The lowest BCUT2D eigenvalue weighted by Crippen LogP contribution is -2.44. The van der Waals surface area contributed by atoms with Gasteiger partial charge in [-0.3, -0.25) is 4.68 Å². The average molecular weight is 536 g/mol. The summed E-state index contributed by atoms with van der Waals surface area (Å²) >= 11 is 6.29. The number of aryl methyl sites for hydroxylation is 1. The highest BCUT2D eigenvalue weighted by Gasteiger charge is 2.27. The second-order valence-electron chi connectivity index (χ2n) is 10.2. The van der Waals surface area contributed by atoms with Gasteiger partial charge in [0.25, 0.3) is 0 Å². The van der Waals surface area contributed by atoms with Crippen LogP contribution in [0.1, 0.15) is 37.2 Å². The zero-order chi connectivity index (χ0) is 26.4. The highest BCUT2D eigenvalue weighted by Crippen LogP contribution is 2.34. The number of nitrogens with zero attached hydrogens (tertiary/aromatic N) is 7. The van der Waals surface area contributed by atoms with Crippen LogP contribution in [0.3, 0.4) is 0 Å². The summed E-state index contributed by atoms with van der Waals surface area (Å²) in [4.78, 5) is 17.3. The predicted octanol–water partition coefficient (Wildman–Crippen LogP) is 4.14. The Balaban J connectivity index is 1.55. The number of benzene rings is 1. The molecule has 38 heavy (non-hydrogen) atoms. The van der Waals surface area contributed by atoms with E-state index in [1.807, 2.05) is 29.8 Å². The fraction of sp³-hybridized carbons (Fsp3) is 0.481. The minimum atomic E-state index is 0.195. The van der Waals surface area contributed by atoms with Crippen molar-refractivity contribution in [3.63, 3.8) is 0 Å². The van der Waals surface area contributed by atoms with Gasteiger partial charge in [-0.25, -0.2) is 14.5 Å². The van der Waals surface area contributed by atoms with Gasteiger partial charge in [0.05, 0.1) is 47.7 Å². The number of hydrogen-bond donors (Lipinski definition) is 2. The SMILES string of the molecule is CNc1nc2cc(Cl)ccc2n1-c1nc(-c2c(C)nn(C3CCNCC3)c2C)cc(N2CCOC[C@H]2C)n1. The number of morpholine rings is 1.